The van der Waals surface area contributed by atoms with Crippen molar-refractivity contribution in [2.75, 3.05) is 13.7 Å². The van der Waals surface area contributed by atoms with Crippen molar-refractivity contribution in [3.63, 3.8) is 0 Å². The van der Waals surface area contributed by atoms with E-state index in [2.05, 4.69) is 10.6 Å². The monoisotopic (exact) mass is 434 g/mol. The molecule has 1 saturated heterocycles. The molecule has 1 aliphatic heterocycles. The van der Waals surface area contributed by atoms with E-state index < -0.39 is 33.0 Å². The lowest BCUT2D eigenvalue weighted by Crippen LogP contribution is -2.42. The lowest BCUT2D eigenvalue weighted by Gasteiger charge is -2.21. The fraction of sp³-hybridized carbons (Fsp3) is 0.409. The van der Waals surface area contributed by atoms with Gasteiger partial charge < -0.3 is 10.1 Å². The van der Waals surface area contributed by atoms with Crippen LogP contribution in [0.5, 0.6) is 5.75 Å². The van der Waals surface area contributed by atoms with Crippen molar-refractivity contribution in [3.8, 4) is 5.75 Å². The van der Waals surface area contributed by atoms with Crippen LogP contribution in [0.25, 0.3) is 0 Å². The van der Waals surface area contributed by atoms with Gasteiger partial charge in [0.1, 0.15) is 11.6 Å². The Kier molecular flexibility index (Phi) is 6.77. The molecule has 0 aromatic heterocycles. The fourth-order valence-electron chi connectivity index (χ4n) is 3.65. The molecule has 2 aromatic carbocycles. The van der Waals surface area contributed by atoms with Crippen molar-refractivity contribution < 1.29 is 22.3 Å². The molecule has 1 heterocycles. The number of halogens is 1. The summed E-state index contributed by atoms with van der Waals surface area (Å²) in [6.07, 6.45) is 0.0441. The molecule has 0 saturated carbocycles. The number of carbonyl (C=O) groups excluding carboxylic acids is 1. The molecule has 162 valence electrons. The number of nitrogens with one attached hydrogen (secondary N) is 2. The molecule has 6 nitrogen and oxygen atoms in total. The predicted octanol–water partition coefficient (Wildman–Crippen LogP) is 2.85. The summed E-state index contributed by atoms with van der Waals surface area (Å²) in [6, 6.07) is 10.6. The number of sulfone groups is 1. The van der Waals surface area contributed by atoms with E-state index in [0.717, 1.165) is 0 Å². The molecule has 0 aliphatic carbocycles. The molecule has 3 unspecified atom stereocenters. The first kappa shape index (κ1) is 22.2. The number of methoxy groups -OCH3 is 1. The lowest BCUT2D eigenvalue weighted by atomic mass is 10.0. The minimum Gasteiger partial charge on any atom is -0.497 e. The molecule has 3 rings (SSSR count). The minimum atomic E-state index is -3.87. The van der Waals surface area contributed by atoms with Gasteiger partial charge in [0.2, 0.25) is 5.91 Å². The molecule has 2 aromatic rings. The largest absolute Gasteiger partial charge is 0.497 e. The van der Waals surface area contributed by atoms with Crippen molar-refractivity contribution >= 4 is 15.7 Å². The smallest absolute Gasteiger partial charge is 0.237 e. The second-order valence-corrected chi connectivity index (χ2v) is 10.0. The molecule has 1 aliphatic rings. The number of ether oxygens (including phenoxy) is 1. The number of carbonyl (C=O) groups is 1. The Morgan fingerprint density at radius 1 is 1.23 bits per heavy atom. The third kappa shape index (κ3) is 4.65. The van der Waals surface area contributed by atoms with Crippen LogP contribution in [-0.2, 0) is 14.6 Å². The van der Waals surface area contributed by atoms with Gasteiger partial charge in [-0.3, -0.25) is 10.1 Å². The fourth-order valence-corrected chi connectivity index (χ4v) is 5.57. The highest BCUT2D eigenvalue weighted by Gasteiger charge is 2.46. The molecule has 30 heavy (non-hydrogen) atoms. The van der Waals surface area contributed by atoms with Gasteiger partial charge >= 0.3 is 0 Å². The Bertz CT molecular complexity index is 1010. The van der Waals surface area contributed by atoms with Gasteiger partial charge in [0.05, 0.1) is 29.3 Å². The topological polar surface area (TPSA) is 84.5 Å². The van der Waals surface area contributed by atoms with E-state index >= 15 is 0 Å². The predicted molar refractivity (Wildman–Crippen MR) is 112 cm³/mol. The Morgan fingerprint density at radius 3 is 2.63 bits per heavy atom. The summed E-state index contributed by atoms with van der Waals surface area (Å²) in [4.78, 5) is 12.7. The van der Waals surface area contributed by atoms with Crippen LogP contribution in [0.1, 0.15) is 31.9 Å². The summed E-state index contributed by atoms with van der Waals surface area (Å²) in [5.41, 5.74) is 0.230. The maximum atomic E-state index is 14.6. The molecule has 8 heteroatoms. The van der Waals surface area contributed by atoms with Crippen molar-refractivity contribution in [3.05, 3.63) is 59.9 Å². The van der Waals surface area contributed by atoms with Crippen LogP contribution in [0.3, 0.4) is 0 Å². The summed E-state index contributed by atoms with van der Waals surface area (Å²) < 4.78 is 46.7. The zero-order chi connectivity index (χ0) is 21.9. The van der Waals surface area contributed by atoms with Gasteiger partial charge in [-0.15, -0.1) is 0 Å². The highest BCUT2D eigenvalue weighted by molar-refractivity contribution is 7.92. The van der Waals surface area contributed by atoms with E-state index in [9.17, 15) is 17.6 Å². The third-order valence-electron chi connectivity index (χ3n) is 5.23. The van der Waals surface area contributed by atoms with Gasteiger partial charge in [0.15, 0.2) is 9.84 Å². The Balaban J connectivity index is 1.97. The molecule has 2 N–H and O–H groups in total. The van der Waals surface area contributed by atoms with E-state index in [0.29, 0.717) is 12.3 Å². The third-order valence-corrected chi connectivity index (χ3v) is 7.40. The standard InChI is InChI=1S/C22H27FN2O4S/c1-14(2)13-24-22(26)19-12-20(21(25-19)17-9-4-5-10-18(17)23)30(27,28)16-8-6-7-15(11-16)29-3/h4-11,14,19-21,25H,12-13H2,1-3H3,(H,24,26). The average molecular weight is 435 g/mol. The summed E-state index contributed by atoms with van der Waals surface area (Å²) in [5.74, 6) is -0.123. The van der Waals surface area contributed by atoms with Crippen LogP contribution >= 0.6 is 0 Å². The second-order valence-electron chi connectivity index (χ2n) is 7.86. The Hall–Kier alpha value is -2.45. The number of amides is 1. The molecule has 0 radical (unpaired) electrons. The van der Waals surface area contributed by atoms with Gasteiger partial charge in [0, 0.05) is 12.1 Å². The molecule has 1 fully saturated rings. The quantitative estimate of drug-likeness (QED) is 0.700. The minimum absolute atomic E-state index is 0.0441. The lowest BCUT2D eigenvalue weighted by molar-refractivity contribution is -0.123. The van der Waals surface area contributed by atoms with Gasteiger partial charge in [-0.1, -0.05) is 38.1 Å². The van der Waals surface area contributed by atoms with Crippen molar-refractivity contribution in [2.24, 2.45) is 5.92 Å². The molecule has 1 amide bonds. The number of rotatable bonds is 7. The molecule has 3 atom stereocenters. The van der Waals surface area contributed by atoms with E-state index in [-0.39, 0.29) is 28.7 Å². The zero-order valence-corrected chi connectivity index (χ0v) is 18.1. The van der Waals surface area contributed by atoms with Crippen LogP contribution in [-0.4, -0.2) is 39.3 Å². The van der Waals surface area contributed by atoms with E-state index in [1.54, 1.807) is 30.3 Å². The first-order chi connectivity index (χ1) is 14.2. The van der Waals surface area contributed by atoms with Crippen LogP contribution < -0.4 is 15.4 Å². The van der Waals surface area contributed by atoms with Crippen LogP contribution in [0, 0.1) is 11.7 Å². The maximum Gasteiger partial charge on any atom is 0.237 e. The maximum absolute atomic E-state index is 14.6. The second kappa shape index (κ2) is 9.14. The molecule has 0 bridgehead atoms. The van der Waals surface area contributed by atoms with Gasteiger partial charge in [-0.05, 0) is 36.6 Å². The first-order valence-electron chi connectivity index (χ1n) is 9.90. The molecular weight excluding hydrogens is 407 g/mol. The van der Waals surface area contributed by atoms with Crippen molar-refractivity contribution in [1.82, 2.24) is 10.6 Å². The van der Waals surface area contributed by atoms with Crippen molar-refractivity contribution in [2.45, 2.75) is 42.5 Å². The SMILES string of the molecule is COc1cccc(S(=O)(=O)C2CC(C(=O)NCC(C)C)NC2c2ccccc2F)c1. The first-order valence-corrected chi connectivity index (χ1v) is 11.4. The highest BCUT2D eigenvalue weighted by atomic mass is 32.2. The van der Waals surface area contributed by atoms with E-state index in [4.69, 9.17) is 4.74 Å². The number of hydrogen-bond donors (Lipinski definition) is 2. The number of benzene rings is 2. The summed E-state index contributed by atoms with van der Waals surface area (Å²) in [5, 5.41) is 4.89. The number of hydrogen-bond acceptors (Lipinski definition) is 5. The van der Waals surface area contributed by atoms with Gasteiger partial charge in [0.25, 0.3) is 0 Å². The summed E-state index contributed by atoms with van der Waals surface area (Å²) in [6.45, 7) is 4.43. The van der Waals surface area contributed by atoms with Crippen LogP contribution in [0.4, 0.5) is 4.39 Å². The van der Waals surface area contributed by atoms with E-state index in [1.807, 2.05) is 13.8 Å². The molecular formula is C22H27FN2O4S. The average Bonchev–Trinajstić information content (AvgIpc) is 3.18. The Morgan fingerprint density at radius 2 is 1.97 bits per heavy atom. The van der Waals surface area contributed by atoms with Crippen LogP contribution in [0.15, 0.2) is 53.4 Å². The zero-order valence-electron chi connectivity index (χ0n) is 17.3. The molecule has 0 spiro atoms. The van der Waals surface area contributed by atoms with Gasteiger partial charge in [-0.2, -0.15) is 0 Å². The Labute approximate surface area is 176 Å². The van der Waals surface area contributed by atoms with Crippen molar-refractivity contribution in [1.29, 1.82) is 0 Å². The summed E-state index contributed by atoms with van der Waals surface area (Å²) >= 11 is 0. The summed E-state index contributed by atoms with van der Waals surface area (Å²) in [7, 11) is -2.41. The van der Waals surface area contributed by atoms with E-state index in [1.165, 1.54) is 25.3 Å². The highest BCUT2D eigenvalue weighted by Crippen LogP contribution is 2.37. The normalized spacial score (nSPS) is 21.6. The van der Waals surface area contributed by atoms with Gasteiger partial charge in [-0.25, -0.2) is 12.8 Å². The van der Waals surface area contributed by atoms with Crippen LogP contribution in [0.2, 0.25) is 0 Å².